The molecule has 2 N–H and O–H groups in total. The first-order valence-corrected chi connectivity index (χ1v) is 10.2. The maximum absolute atomic E-state index is 12.5. The number of hydrogen-bond acceptors (Lipinski definition) is 5. The average molecular weight is 378 g/mol. The number of benzene rings is 1. The number of carboxylic acids is 1. The number of aliphatic carboxylic acids is 1. The van der Waals surface area contributed by atoms with Crippen molar-refractivity contribution in [3.8, 4) is 0 Å². The zero-order chi connectivity index (χ0) is 18.5. The second kappa shape index (κ2) is 8.06. The van der Waals surface area contributed by atoms with Crippen molar-refractivity contribution in [2.75, 3.05) is 14.1 Å². The number of unbranched alkanes of at least 4 members (excludes halogenated alkanes) is 1. The van der Waals surface area contributed by atoms with Crippen molar-refractivity contribution in [3.63, 3.8) is 0 Å². The van der Waals surface area contributed by atoms with E-state index in [9.17, 15) is 26.7 Å². The molecule has 24 heavy (non-hydrogen) atoms. The normalized spacial score (nSPS) is 13.8. The van der Waals surface area contributed by atoms with Gasteiger partial charge in [0, 0.05) is 14.1 Å². The smallest absolute Gasteiger partial charge is 0.321 e. The molecule has 0 aliphatic heterocycles. The Kier molecular flexibility index (Phi) is 6.90. The summed E-state index contributed by atoms with van der Waals surface area (Å²) >= 11 is 0. The van der Waals surface area contributed by atoms with Gasteiger partial charge in [-0.25, -0.2) is 21.1 Å². The Labute approximate surface area is 142 Å². The van der Waals surface area contributed by atoms with Crippen LogP contribution in [0.2, 0.25) is 0 Å². The number of hydrogen-bond donors (Lipinski definition) is 2. The van der Waals surface area contributed by atoms with Crippen LogP contribution in [0.15, 0.2) is 34.1 Å². The number of rotatable bonds is 9. The van der Waals surface area contributed by atoms with Crippen LogP contribution in [-0.2, 0) is 24.8 Å². The van der Waals surface area contributed by atoms with E-state index in [0.717, 1.165) is 10.4 Å². The molecule has 0 amide bonds. The fourth-order valence-electron chi connectivity index (χ4n) is 1.97. The van der Waals surface area contributed by atoms with E-state index in [1.807, 2.05) is 6.92 Å². The summed E-state index contributed by atoms with van der Waals surface area (Å²) in [6.07, 6.45) is 1.35. The Hall–Kier alpha value is -1.49. The van der Waals surface area contributed by atoms with Gasteiger partial charge >= 0.3 is 5.97 Å². The molecule has 136 valence electrons. The molecule has 0 fully saturated rings. The minimum absolute atomic E-state index is 0.119. The second-order valence-corrected chi connectivity index (χ2v) is 9.19. The van der Waals surface area contributed by atoms with Gasteiger partial charge in [-0.15, -0.1) is 0 Å². The van der Waals surface area contributed by atoms with Crippen molar-refractivity contribution in [2.24, 2.45) is 0 Å². The number of carbonyl (C=O) groups is 1. The van der Waals surface area contributed by atoms with Gasteiger partial charge < -0.3 is 5.11 Å². The zero-order valence-corrected chi connectivity index (χ0v) is 15.4. The molecule has 0 saturated heterocycles. The monoisotopic (exact) mass is 378 g/mol. The molecule has 1 atom stereocenters. The summed E-state index contributed by atoms with van der Waals surface area (Å²) < 4.78 is 52.7. The maximum Gasteiger partial charge on any atom is 0.321 e. The van der Waals surface area contributed by atoms with Crippen LogP contribution in [0, 0.1) is 0 Å². The number of nitrogens with zero attached hydrogens (tertiary/aromatic N) is 1. The summed E-state index contributed by atoms with van der Waals surface area (Å²) in [7, 11) is -5.75. The SMILES string of the molecule is CCCCC(NS(=O)(=O)c1ccccc1S(=O)(=O)N(C)C)C(=O)O. The van der Waals surface area contributed by atoms with Gasteiger partial charge in [0.2, 0.25) is 20.0 Å². The van der Waals surface area contributed by atoms with E-state index >= 15 is 0 Å². The van der Waals surface area contributed by atoms with Crippen LogP contribution < -0.4 is 4.72 Å². The van der Waals surface area contributed by atoms with Crippen LogP contribution in [0.4, 0.5) is 0 Å². The Morgan fingerprint density at radius 1 is 1.17 bits per heavy atom. The van der Waals surface area contributed by atoms with Crippen molar-refractivity contribution in [3.05, 3.63) is 24.3 Å². The number of nitrogens with one attached hydrogen (secondary N) is 1. The molecule has 1 unspecified atom stereocenters. The molecular weight excluding hydrogens is 356 g/mol. The van der Waals surface area contributed by atoms with Crippen molar-refractivity contribution in [2.45, 2.75) is 42.0 Å². The van der Waals surface area contributed by atoms with Gasteiger partial charge in [-0.3, -0.25) is 4.79 Å². The van der Waals surface area contributed by atoms with E-state index in [-0.39, 0.29) is 6.42 Å². The highest BCUT2D eigenvalue weighted by Gasteiger charge is 2.31. The summed E-state index contributed by atoms with van der Waals surface area (Å²) in [5.41, 5.74) is 0. The molecule has 0 spiro atoms. The minimum Gasteiger partial charge on any atom is -0.480 e. The van der Waals surface area contributed by atoms with Crippen LogP contribution in [0.5, 0.6) is 0 Å². The van der Waals surface area contributed by atoms with Crippen LogP contribution in [-0.4, -0.2) is 52.4 Å². The van der Waals surface area contributed by atoms with Gasteiger partial charge in [-0.2, -0.15) is 4.72 Å². The summed E-state index contributed by atoms with van der Waals surface area (Å²) in [6, 6.07) is 3.78. The van der Waals surface area contributed by atoms with Crippen molar-refractivity contribution in [1.29, 1.82) is 0 Å². The first-order valence-electron chi connectivity index (χ1n) is 7.30. The molecule has 0 heterocycles. The minimum atomic E-state index is -4.32. The molecule has 8 nitrogen and oxygen atoms in total. The van der Waals surface area contributed by atoms with Crippen LogP contribution in [0.1, 0.15) is 26.2 Å². The lowest BCUT2D eigenvalue weighted by Crippen LogP contribution is -2.41. The van der Waals surface area contributed by atoms with Crippen LogP contribution >= 0.6 is 0 Å². The van der Waals surface area contributed by atoms with E-state index in [1.165, 1.54) is 32.3 Å². The highest BCUT2D eigenvalue weighted by Crippen LogP contribution is 2.23. The number of carboxylic acid groups (broad SMARTS) is 1. The summed E-state index contributed by atoms with van der Waals surface area (Å²) in [5, 5.41) is 9.17. The second-order valence-electron chi connectivity index (χ2n) is 5.39. The van der Waals surface area contributed by atoms with Gasteiger partial charge in [0.15, 0.2) is 0 Å². The fraction of sp³-hybridized carbons (Fsp3) is 0.500. The van der Waals surface area contributed by atoms with Gasteiger partial charge in [0.05, 0.1) is 0 Å². The molecule has 1 aromatic rings. The van der Waals surface area contributed by atoms with Gasteiger partial charge in [-0.05, 0) is 18.6 Å². The highest BCUT2D eigenvalue weighted by atomic mass is 32.2. The number of sulfonamides is 2. The van der Waals surface area contributed by atoms with Crippen molar-refractivity contribution in [1.82, 2.24) is 9.03 Å². The predicted octanol–water partition coefficient (Wildman–Crippen LogP) is 0.859. The Balaban J connectivity index is 3.32. The molecule has 0 bridgehead atoms. The lowest BCUT2D eigenvalue weighted by atomic mass is 10.1. The first-order chi connectivity index (χ1) is 11.0. The van der Waals surface area contributed by atoms with E-state index in [2.05, 4.69) is 4.72 Å². The van der Waals surface area contributed by atoms with E-state index in [1.54, 1.807) is 0 Å². The fourth-order valence-corrected chi connectivity index (χ4v) is 4.90. The van der Waals surface area contributed by atoms with E-state index in [0.29, 0.717) is 12.8 Å². The summed E-state index contributed by atoms with van der Waals surface area (Å²) in [6.45, 7) is 1.85. The molecule has 0 radical (unpaired) electrons. The quantitative estimate of drug-likeness (QED) is 0.657. The maximum atomic E-state index is 12.5. The highest BCUT2D eigenvalue weighted by molar-refractivity contribution is 7.92. The lowest BCUT2D eigenvalue weighted by molar-refractivity contribution is -0.139. The van der Waals surface area contributed by atoms with Crippen LogP contribution in [0.3, 0.4) is 0 Å². The summed E-state index contributed by atoms with van der Waals surface area (Å²) in [4.78, 5) is 10.4. The third-order valence-corrected chi connectivity index (χ3v) is 6.87. The largest absolute Gasteiger partial charge is 0.480 e. The molecule has 0 aliphatic rings. The van der Waals surface area contributed by atoms with Crippen molar-refractivity contribution < 1.29 is 26.7 Å². The Morgan fingerprint density at radius 2 is 1.71 bits per heavy atom. The molecule has 1 rings (SSSR count). The molecular formula is C14H22N2O6S2. The van der Waals surface area contributed by atoms with E-state index in [4.69, 9.17) is 0 Å². The van der Waals surface area contributed by atoms with Crippen LogP contribution in [0.25, 0.3) is 0 Å². The topological polar surface area (TPSA) is 121 Å². The molecule has 0 aromatic heterocycles. The van der Waals surface area contributed by atoms with Gasteiger partial charge in [0.1, 0.15) is 15.8 Å². The third kappa shape index (κ3) is 4.76. The lowest BCUT2D eigenvalue weighted by Gasteiger charge is -2.18. The zero-order valence-electron chi connectivity index (χ0n) is 13.8. The third-order valence-electron chi connectivity index (χ3n) is 3.34. The molecule has 1 aromatic carbocycles. The average Bonchev–Trinajstić information content (AvgIpc) is 2.51. The Morgan fingerprint density at radius 3 is 2.17 bits per heavy atom. The molecule has 10 heteroatoms. The van der Waals surface area contributed by atoms with Gasteiger partial charge in [-0.1, -0.05) is 31.9 Å². The summed E-state index contributed by atoms with van der Waals surface area (Å²) in [5.74, 6) is -1.31. The van der Waals surface area contributed by atoms with E-state index < -0.39 is 41.8 Å². The first kappa shape index (κ1) is 20.6. The molecule has 0 aliphatic carbocycles. The predicted molar refractivity (Wildman–Crippen MR) is 88.6 cm³/mol. The standard InChI is InChI=1S/C14H22N2O6S2/c1-4-5-8-11(14(17)18)15-23(19,20)12-9-6-7-10-13(12)24(21,22)16(2)3/h6-7,9-11,15H,4-5,8H2,1-3H3,(H,17,18). The van der Waals surface area contributed by atoms with Gasteiger partial charge in [0.25, 0.3) is 0 Å². The Bertz CT molecular complexity index is 787. The molecule has 0 saturated carbocycles. The van der Waals surface area contributed by atoms with Crippen molar-refractivity contribution >= 4 is 26.0 Å².